The maximum atomic E-state index is 8.78. The second kappa shape index (κ2) is 4.92. The molecule has 0 saturated heterocycles. The smallest absolute Gasteiger partial charge is 0.101 e. The molecule has 4 heteroatoms. The maximum absolute atomic E-state index is 8.78. The van der Waals surface area contributed by atoms with Crippen molar-refractivity contribution in [3.63, 3.8) is 0 Å². The summed E-state index contributed by atoms with van der Waals surface area (Å²) in [5, 5.41) is 14.0. The molecule has 0 aliphatic rings. The molecule has 0 aliphatic heterocycles. The number of nitriles is 1. The summed E-state index contributed by atoms with van der Waals surface area (Å²) < 4.78 is 1.14. The Balaban J connectivity index is 2.33. The summed E-state index contributed by atoms with van der Waals surface area (Å²) in [7, 11) is 0. The van der Waals surface area contributed by atoms with E-state index in [0.717, 1.165) is 17.4 Å². The molecule has 0 unspecified atom stereocenters. The van der Waals surface area contributed by atoms with E-state index in [2.05, 4.69) is 38.8 Å². The molecule has 1 aromatic heterocycles. The summed E-state index contributed by atoms with van der Waals surface area (Å²) in [5.41, 5.74) is -0.422. The van der Waals surface area contributed by atoms with E-state index in [9.17, 15) is 0 Å². The fourth-order valence-corrected chi connectivity index (χ4v) is 2.48. The molecule has 1 heterocycles. The molecule has 0 saturated carbocycles. The molecule has 2 nitrogen and oxygen atoms in total. The van der Waals surface area contributed by atoms with Crippen molar-refractivity contribution in [2.45, 2.75) is 25.8 Å². The molecule has 76 valence electrons. The van der Waals surface area contributed by atoms with Crippen LogP contribution in [0.2, 0.25) is 0 Å². The third-order valence-electron chi connectivity index (χ3n) is 1.84. The number of hydrogen-bond donors (Lipinski definition) is 1. The lowest BCUT2D eigenvalue weighted by atomic mass is 10.1. The van der Waals surface area contributed by atoms with Gasteiger partial charge in [0.15, 0.2) is 0 Å². The lowest BCUT2D eigenvalue weighted by Gasteiger charge is -2.16. The van der Waals surface area contributed by atoms with E-state index in [1.807, 2.05) is 13.8 Å². The Morgan fingerprint density at radius 1 is 1.64 bits per heavy atom. The van der Waals surface area contributed by atoms with Crippen molar-refractivity contribution < 1.29 is 0 Å². The molecule has 0 aromatic carbocycles. The van der Waals surface area contributed by atoms with Crippen molar-refractivity contribution in [1.82, 2.24) is 5.32 Å². The second-order valence-electron chi connectivity index (χ2n) is 3.64. The van der Waals surface area contributed by atoms with E-state index in [1.165, 1.54) is 4.88 Å². The summed E-state index contributed by atoms with van der Waals surface area (Å²) in [6.45, 7) is 4.61. The van der Waals surface area contributed by atoms with Gasteiger partial charge in [-0.3, -0.25) is 5.32 Å². The minimum atomic E-state index is -0.422. The highest BCUT2D eigenvalue weighted by Gasteiger charge is 2.14. The van der Waals surface area contributed by atoms with Crippen LogP contribution in [0.15, 0.2) is 15.9 Å². The first-order chi connectivity index (χ1) is 6.53. The fraction of sp³-hybridized carbons (Fsp3) is 0.500. The van der Waals surface area contributed by atoms with E-state index in [1.54, 1.807) is 11.3 Å². The van der Waals surface area contributed by atoms with Gasteiger partial charge in [-0.15, -0.1) is 11.3 Å². The number of nitrogens with one attached hydrogen (secondary N) is 1. The van der Waals surface area contributed by atoms with Gasteiger partial charge in [-0.2, -0.15) is 5.26 Å². The van der Waals surface area contributed by atoms with Crippen molar-refractivity contribution >= 4 is 27.3 Å². The van der Waals surface area contributed by atoms with Crippen LogP contribution in [0.4, 0.5) is 0 Å². The van der Waals surface area contributed by atoms with E-state index in [0.29, 0.717) is 0 Å². The number of rotatable bonds is 4. The molecule has 0 radical (unpaired) electrons. The van der Waals surface area contributed by atoms with Gasteiger partial charge in [-0.25, -0.2) is 0 Å². The SMILES string of the molecule is CC(C)(C#N)NCCc1cc(Br)cs1. The Morgan fingerprint density at radius 2 is 2.36 bits per heavy atom. The molecule has 0 aliphatic carbocycles. The number of nitrogens with zero attached hydrogens (tertiary/aromatic N) is 1. The molecular formula is C10H13BrN2S. The van der Waals surface area contributed by atoms with Gasteiger partial charge < -0.3 is 0 Å². The number of hydrogen-bond acceptors (Lipinski definition) is 3. The van der Waals surface area contributed by atoms with Gasteiger partial charge >= 0.3 is 0 Å². The fourth-order valence-electron chi connectivity index (χ4n) is 1.02. The highest BCUT2D eigenvalue weighted by molar-refractivity contribution is 9.10. The normalized spacial score (nSPS) is 11.3. The van der Waals surface area contributed by atoms with Crippen LogP contribution in [-0.4, -0.2) is 12.1 Å². The summed E-state index contributed by atoms with van der Waals surface area (Å²) in [5.74, 6) is 0. The van der Waals surface area contributed by atoms with Gasteiger partial charge in [0.2, 0.25) is 0 Å². The predicted octanol–water partition coefficient (Wildman–Crippen LogP) is 2.94. The molecule has 0 fully saturated rings. The first kappa shape index (κ1) is 11.7. The Bertz CT molecular complexity index is 338. The lowest BCUT2D eigenvalue weighted by molar-refractivity contribution is 0.491. The van der Waals surface area contributed by atoms with Gasteiger partial charge in [0.1, 0.15) is 5.54 Å². The largest absolute Gasteiger partial charge is 0.299 e. The Hall–Kier alpha value is -0.370. The first-order valence-electron chi connectivity index (χ1n) is 4.43. The molecule has 1 aromatic rings. The molecule has 0 atom stereocenters. The van der Waals surface area contributed by atoms with Crippen molar-refractivity contribution in [2.75, 3.05) is 6.54 Å². The third kappa shape index (κ3) is 3.79. The summed E-state index contributed by atoms with van der Waals surface area (Å²) in [4.78, 5) is 1.33. The quantitative estimate of drug-likeness (QED) is 0.915. The zero-order chi connectivity index (χ0) is 10.6. The van der Waals surface area contributed by atoms with Crippen molar-refractivity contribution in [2.24, 2.45) is 0 Å². The van der Waals surface area contributed by atoms with Crippen LogP contribution in [0.5, 0.6) is 0 Å². The zero-order valence-electron chi connectivity index (χ0n) is 8.30. The van der Waals surface area contributed by atoms with Crippen LogP contribution < -0.4 is 5.32 Å². The van der Waals surface area contributed by atoms with Crippen LogP contribution in [0.1, 0.15) is 18.7 Å². The van der Waals surface area contributed by atoms with Gasteiger partial charge in [0.05, 0.1) is 6.07 Å². The first-order valence-corrected chi connectivity index (χ1v) is 6.10. The molecule has 0 bridgehead atoms. The lowest BCUT2D eigenvalue weighted by Crippen LogP contribution is -2.38. The zero-order valence-corrected chi connectivity index (χ0v) is 10.7. The Labute approximate surface area is 97.1 Å². The monoisotopic (exact) mass is 272 g/mol. The summed E-state index contributed by atoms with van der Waals surface area (Å²) >= 11 is 5.15. The average Bonchev–Trinajstić information content (AvgIpc) is 2.51. The summed E-state index contributed by atoms with van der Waals surface area (Å²) in [6, 6.07) is 4.33. The van der Waals surface area contributed by atoms with Gasteiger partial charge in [0, 0.05) is 21.3 Å². The standard InChI is InChI=1S/C10H13BrN2S/c1-10(2,7-12)13-4-3-9-5-8(11)6-14-9/h5-6,13H,3-4H2,1-2H3. The number of halogens is 1. The van der Waals surface area contributed by atoms with Crippen molar-refractivity contribution in [1.29, 1.82) is 5.26 Å². The van der Waals surface area contributed by atoms with E-state index >= 15 is 0 Å². The average molecular weight is 273 g/mol. The molecule has 1 rings (SSSR count). The van der Waals surface area contributed by atoms with E-state index < -0.39 is 5.54 Å². The maximum Gasteiger partial charge on any atom is 0.101 e. The minimum absolute atomic E-state index is 0.422. The molecule has 0 amide bonds. The summed E-state index contributed by atoms with van der Waals surface area (Å²) in [6.07, 6.45) is 0.974. The second-order valence-corrected chi connectivity index (χ2v) is 5.56. The van der Waals surface area contributed by atoms with E-state index in [-0.39, 0.29) is 0 Å². The van der Waals surface area contributed by atoms with Gasteiger partial charge in [0.25, 0.3) is 0 Å². The Kier molecular flexibility index (Phi) is 4.11. The molecular weight excluding hydrogens is 260 g/mol. The molecule has 0 spiro atoms. The van der Waals surface area contributed by atoms with Crippen LogP contribution >= 0.6 is 27.3 Å². The third-order valence-corrected chi connectivity index (χ3v) is 3.60. The molecule has 1 N–H and O–H groups in total. The molecule has 14 heavy (non-hydrogen) atoms. The minimum Gasteiger partial charge on any atom is -0.299 e. The number of thiophene rings is 1. The van der Waals surface area contributed by atoms with E-state index in [4.69, 9.17) is 5.26 Å². The van der Waals surface area contributed by atoms with Crippen molar-refractivity contribution in [3.8, 4) is 6.07 Å². The van der Waals surface area contributed by atoms with Crippen molar-refractivity contribution in [3.05, 3.63) is 20.8 Å². The highest BCUT2D eigenvalue weighted by atomic mass is 79.9. The highest BCUT2D eigenvalue weighted by Crippen LogP contribution is 2.19. The Morgan fingerprint density at radius 3 is 2.86 bits per heavy atom. The topological polar surface area (TPSA) is 35.8 Å². The van der Waals surface area contributed by atoms with Crippen LogP contribution in [0, 0.1) is 11.3 Å². The predicted molar refractivity (Wildman–Crippen MR) is 63.4 cm³/mol. The van der Waals surface area contributed by atoms with Crippen LogP contribution in [0.25, 0.3) is 0 Å². The van der Waals surface area contributed by atoms with Crippen LogP contribution in [-0.2, 0) is 6.42 Å². The van der Waals surface area contributed by atoms with Gasteiger partial charge in [-0.1, -0.05) is 0 Å². The van der Waals surface area contributed by atoms with Crippen LogP contribution in [0.3, 0.4) is 0 Å². The van der Waals surface area contributed by atoms with Gasteiger partial charge in [-0.05, 0) is 42.3 Å².